The molecule has 4 amide bonds. The Balaban J connectivity index is 3.18. The number of thioether (sulfide) groups is 1. The van der Waals surface area contributed by atoms with Gasteiger partial charge in [0.15, 0.2) is 0 Å². The smallest absolute Gasteiger partial charge is 0.305 e. The first-order valence-corrected chi connectivity index (χ1v) is 13.1. The Morgan fingerprint density at radius 1 is 1.00 bits per heavy atom. The van der Waals surface area contributed by atoms with Crippen LogP contribution in [0.15, 0.2) is 49.1 Å². The van der Waals surface area contributed by atoms with Crippen molar-refractivity contribution >= 4 is 47.4 Å². The Morgan fingerprint density at radius 2 is 1.65 bits per heavy atom. The third-order valence-electron chi connectivity index (χ3n) is 5.25. The number of carboxylic acids is 1. The van der Waals surface area contributed by atoms with Crippen LogP contribution in [0.4, 0.5) is 0 Å². The number of rotatable bonds is 17. The van der Waals surface area contributed by atoms with Crippen molar-refractivity contribution < 1.29 is 29.1 Å². The Labute approximate surface area is 221 Å². The maximum Gasteiger partial charge on any atom is 0.305 e. The maximum atomic E-state index is 13.4. The van der Waals surface area contributed by atoms with Crippen LogP contribution in [0.1, 0.15) is 32.3 Å². The topological polar surface area (TPSA) is 154 Å². The molecule has 0 saturated carbocycles. The summed E-state index contributed by atoms with van der Waals surface area (Å²) in [4.78, 5) is 61.3. The van der Waals surface area contributed by atoms with Crippen LogP contribution in [0.5, 0.6) is 0 Å². The number of carbonyl (C=O) groups is 5. The minimum Gasteiger partial charge on any atom is -0.481 e. The molecule has 0 radical (unpaired) electrons. The third kappa shape index (κ3) is 10.9. The van der Waals surface area contributed by atoms with E-state index in [2.05, 4.69) is 34.4 Å². The fourth-order valence-electron chi connectivity index (χ4n) is 3.44. The van der Waals surface area contributed by atoms with Crippen molar-refractivity contribution in [3.05, 3.63) is 54.6 Å². The van der Waals surface area contributed by atoms with Crippen molar-refractivity contribution in [3.8, 4) is 0 Å². The van der Waals surface area contributed by atoms with Crippen molar-refractivity contribution in [3.63, 3.8) is 0 Å². The number of hydrogen-bond donors (Lipinski definition) is 5. The zero-order chi connectivity index (χ0) is 28.0. The number of hydrogen-bond acceptors (Lipinski definition) is 6. The molecule has 0 aliphatic heterocycles. The number of nitrogens with one attached hydrogen (secondary N) is 4. The highest BCUT2D eigenvalue weighted by atomic mass is 32.2. The number of carbonyl (C=O) groups excluding carboxylic acids is 4. The van der Waals surface area contributed by atoms with Gasteiger partial charge in [-0.15, -0.1) is 0 Å². The Morgan fingerprint density at radius 3 is 2.19 bits per heavy atom. The van der Waals surface area contributed by atoms with Crippen LogP contribution in [0.3, 0.4) is 0 Å². The summed E-state index contributed by atoms with van der Waals surface area (Å²) in [6.07, 6.45) is 2.19. The molecule has 0 heterocycles. The van der Waals surface area contributed by atoms with E-state index in [1.54, 1.807) is 30.3 Å². The molecule has 202 valence electrons. The summed E-state index contributed by atoms with van der Waals surface area (Å²) >= 11 is 1.43. The first kappa shape index (κ1) is 31.4. The lowest BCUT2D eigenvalue weighted by molar-refractivity contribution is -0.137. The lowest BCUT2D eigenvalue weighted by Gasteiger charge is -2.27. The van der Waals surface area contributed by atoms with Crippen LogP contribution in [-0.2, 0) is 24.0 Å². The summed E-state index contributed by atoms with van der Waals surface area (Å²) in [7, 11) is 0. The van der Waals surface area contributed by atoms with Gasteiger partial charge in [-0.05, 0) is 35.3 Å². The van der Waals surface area contributed by atoms with Crippen molar-refractivity contribution in [1.82, 2.24) is 21.3 Å². The summed E-state index contributed by atoms with van der Waals surface area (Å²) in [6.45, 7) is 11.4. The van der Waals surface area contributed by atoms with E-state index in [1.807, 2.05) is 20.1 Å². The van der Waals surface area contributed by atoms with Crippen LogP contribution < -0.4 is 21.3 Å². The van der Waals surface area contributed by atoms with Crippen molar-refractivity contribution in [2.24, 2.45) is 5.92 Å². The van der Waals surface area contributed by atoms with Crippen LogP contribution in [-0.4, -0.2) is 71.9 Å². The second kappa shape index (κ2) is 16.2. The van der Waals surface area contributed by atoms with Crippen LogP contribution in [0.25, 0.3) is 5.57 Å². The standard InChI is InChI=1S/C26H36N4O6S/c1-16(2)13-20(29-26(36)22(28-15-31)17(3)14-37-5)24(34)30-23(25(35)27-12-11-21(32)33)18(4)19-9-7-6-8-10-19/h6-10,15-16,20,22-23H,3-4,11-14H2,1-2,5H3,(H,27,35)(H,28,31)(H,29,36)(H,30,34)(H,32,33)/t20-,22-,23-/m0/s1. The van der Waals surface area contributed by atoms with Gasteiger partial charge in [0.05, 0.1) is 6.42 Å². The molecule has 0 bridgehead atoms. The first-order valence-electron chi connectivity index (χ1n) is 11.7. The first-order chi connectivity index (χ1) is 17.5. The number of benzene rings is 1. The zero-order valence-corrected chi connectivity index (χ0v) is 22.2. The van der Waals surface area contributed by atoms with Gasteiger partial charge in [0.25, 0.3) is 0 Å². The lowest BCUT2D eigenvalue weighted by Crippen LogP contribution is -2.57. The number of aliphatic carboxylic acids is 1. The highest BCUT2D eigenvalue weighted by Crippen LogP contribution is 2.17. The maximum absolute atomic E-state index is 13.4. The normalized spacial score (nSPS) is 13.0. The molecule has 0 fully saturated rings. The summed E-state index contributed by atoms with van der Waals surface area (Å²) in [5.41, 5.74) is 1.37. The Hall–Kier alpha value is -3.60. The van der Waals surface area contributed by atoms with E-state index in [1.165, 1.54) is 11.8 Å². The fourth-order valence-corrected chi connectivity index (χ4v) is 3.98. The lowest BCUT2D eigenvalue weighted by atomic mass is 9.97. The molecule has 0 saturated heterocycles. The van der Waals surface area contributed by atoms with Crippen LogP contribution in [0, 0.1) is 5.92 Å². The average molecular weight is 533 g/mol. The van der Waals surface area contributed by atoms with Crippen LogP contribution in [0.2, 0.25) is 0 Å². The van der Waals surface area contributed by atoms with Gasteiger partial charge in [-0.3, -0.25) is 24.0 Å². The van der Waals surface area contributed by atoms with E-state index in [0.717, 1.165) is 0 Å². The predicted octanol–water partition coefficient (Wildman–Crippen LogP) is 1.34. The van der Waals surface area contributed by atoms with Crippen molar-refractivity contribution in [2.75, 3.05) is 18.6 Å². The van der Waals surface area contributed by atoms with Gasteiger partial charge >= 0.3 is 5.97 Å². The Bertz CT molecular complexity index is 983. The van der Waals surface area contributed by atoms with E-state index in [9.17, 15) is 24.0 Å². The number of amides is 4. The van der Waals surface area contributed by atoms with Crippen molar-refractivity contribution in [1.29, 1.82) is 0 Å². The average Bonchev–Trinajstić information content (AvgIpc) is 2.84. The minimum absolute atomic E-state index is 0.00287. The molecule has 1 rings (SSSR count). The van der Waals surface area contributed by atoms with E-state index in [0.29, 0.717) is 28.9 Å². The molecule has 0 spiro atoms. The van der Waals surface area contributed by atoms with Gasteiger partial charge in [-0.25, -0.2) is 0 Å². The molecule has 0 aliphatic rings. The second-order valence-corrected chi connectivity index (χ2v) is 9.63. The van der Waals surface area contributed by atoms with E-state index in [4.69, 9.17) is 5.11 Å². The largest absolute Gasteiger partial charge is 0.481 e. The van der Waals surface area contributed by atoms with Gasteiger partial charge in [0.1, 0.15) is 18.1 Å². The van der Waals surface area contributed by atoms with Gasteiger partial charge in [0.2, 0.25) is 24.1 Å². The van der Waals surface area contributed by atoms with Gasteiger partial charge in [-0.1, -0.05) is 57.3 Å². The molecule has 0 unspecified atom stereocenters. The van der Waals surface area contributed by atoms with E-state index >= 15 is 0 Å². The van der Waals surface area contributed by atoms with Gasteiger partial charge in [-0.2, -0.15) is 11.8 Å². The molecule has 1 aromatic carbocycles. The zero-order valence-electron chi connectivity index (χ0n) is 21.4. The fraction of sp³-hybridized carbons (Fsp3) is 0.423. The summed E-state index contributed by atoms with van der Waals surface area (Å²) < 4.78 is 0. The predicted molar refractivity (Wildman–Crippen MR) is 145 cm³/mol. The molecule has 1 aromatic rings. The summed E-state index contributed by atoms with van der Waals surface area (Å²) in [5.74, 6) is -2.51. The second-order valence-electron chi connectivity index (χ2n) is 8.77. The van der Waals surface area contributed by atoms with E-state index in [-0.39, 0.29) is 25.3 Å². The highest BCUT2D eigenvalue weighted by molar-refractivity contribution is 7.98. The Kier molecular flexibility index (Phi) is 13.8. The molecule has 0 aliphatic carbocycles. The number of carboxylic acid groups (broad SMARTS) is 1. The van der Waals surface area contributed by atoms with Crippen LogP contribution >= 0.6 is 11.8 Å². The van der Waals surface area contributed by atoms with Gasteiger partial charge < -0.3 is 26.4 Å². The van der Waals surface area contributed by atoms with Gasteiger partial charge in [0, 0.05) is 12.3 Å². The minimum atomic E-state index is -1.22. The molecule has 5 N–H and O–H groups in total. The third-order valence-corrected chi connectivity index (χ3v) is 5.91. The summed E-state index contributed by atoms with van der Waals surface area (Å²) in [6, 6.07) is 5.49. The monoisotopic (exact) mass is 532 g/mol. The molecule has 11 heteroatoms. The molecular formula is C26H36N4O6S. The molecular weight excluding hydrogens is 496 g/mol. The molecule has 37 heavy (non-hydrogen) atoms. The SMILES string of the molecule is C=C(CSC)[C@H](NC=O)C(=O)N[C@@H](CC(C)C)C(=O)N[C@@H](C(=C)c1ccccc1)C(=O)NCCC(=O)O. The highest BCUT2D eigenvalue weighted by Gasteiger charge is 2.31. The molecule has 10 nitrogen and oxygen atoms in total. The summed E-state index contributed by atoms with van der Waals surface area (Å²) in [5, 5.41) is 19.2. The van der Waals surface area contributed by atoms with Crippen molar-refractivity contribution in [2.45, 2.75) is 44.8 Å². The molecule has 3 atom stereocenters. The van der Waals surface area contributed by atoms with E-state index < -0.39 is 41.8 Å². The quantitative estimate of drug-likeness (QED) is 0.150. The molecule has 0 aromatic heterocycles.